The zero-order chi connectivity index (χ0) is 17.7. The minimum Gasteiger partial charge on any atom is -0.167 e. The number of benzene rings is 1. The van der Waals surface area contributed by atoms with Crippen molar-refractivity contribution >= 4 is 29.3 Å². The van der Waals surface area contributed by atoms with E-state index in [0.29, 0.717) is 5.92 Å². The Balaban J connectivity index is 2.08. The van der Waals surface area contributed by atoms with Gasteiger partial charge in [0.2, 0.25) is 0 Å². The van der Waals surface area contributed by atoms with Gasteiger partial charge in [0.15, 0.2) is 0 Å². The topological polar surface area (TPSA) is 0 Å². The van der Waals surface area contributed by atoms with Crippen molar-refractivity contribution in [2.45, 2.75) is 50.6 Å². The third-order valence-electron chi connectivity index (χ3n) is 4.64. The molecule has 0 bridgehead atoms. The van der Waals surface area contributed by atoms with Gasteiger partial charge in [0.05, 0.1) is 0 Å². The van der Waals surface area contributed by atoms with Gasteiger partial charge >= 0.3 is 6.18 Å². The molecule has 0 unspecified atom stereocenters. The van der Waals surface area contributed by atoms with E-state index in [1.54, 1.807) is 12.1 Å². The molecule has 2 rings (SSSR count). The average molecular weight is 377 g/mol. The first kappa shape index (κ1) is 19.4. The molecule has 1 aromatic rings. The van der Waals surface area contributed by atoms with Crippen LogP contribution in [0.3, 0.4) is 0 Å². The largest absolute Gasteiger partial charge is 0.409 e. The third kappa shape index (κ3) is 5.56. The van der Waals surface area contributed by atoms with E-state index in [4.69, 9.17) is 23.2 Å². The van der Waals surface area contributed by atoms with Crippen LogP contribution in [0, 0.1) is 5.92 Å². The summed E-state index contributed by atoms with van der Waals surface area (Å²) >= 11 is 12.3. The predicted molar refractivity (Wildman–Crippen MR) is 95.7 cm³/mol. The highest BCUT2D eigenvalue weighted by atomic mass is 35.5. The van der Waals surface area contributed by atoms with Gasteiger partial charge in [-0.1, -0.05) is 29.3 Å². The quantitative estimate of drug-likeness (QED) is 0.459. The van der Waals surface area contributed by atoms with E-state index in [0.717, 1.165) is 49.7 Å². The summed E-state index contributed by atoms with van der Waals surface area (Å²) < 4.78 is 37.0. The predicted octanol–water partition coefficient (Wildman–Crippen LogP) is 7.81. The molecule has 0 N–H and O–H groups in total. The maximum absolute atomic E-state index is 12.3. The fraction of sp³-hybridized carbons (Fsp3) is 0.474. The van der Waals surface area contributed by atoms with Gasteiger partial charge in [-0.25, -0.2) is 0 Å². The van der Waals surface area contributed by atoms with Crippen LogP contribution in [0.5, 0.6) is 0 Å². The van der Waals surface area contributed by atoms with Crippen LogP contribution < -0.4 is 0 Å². The molecule has 1 aromatic carbocycles. The lowest BCUT2D eigenvalue weighted by Crippen LogP contribution is -2.13. The molecule has 1 fully saturated rings. The highest BCUT2D eigenvalue weighted by molar-refractivity contribution is 6.37. The van der Waals surface area contributed by atoms with Gasteiger partial charge in [0.1, 0.15) is 0 Å². The van der Waals surface area contributed by atoms with Crippen molar-refractivity contribution in [1.82, 2.24) is 0 Å². The SMILES string of the molecule is C=CCCC1CCC(c2cc(Cl)c(/C=C/C(F)(F)F)c(Cl)c2)CC1. The van der Waals surface area contributed by atoms with Gasteiger partial charge in [0.25, 0.3) is 0 Å². The standard InChI is InChI=1S/C19H21Cl2F3/c1-2-3-4-13-5-7-14(8-6-13)15-11-17(20)16(18(21)12-15)9-10-19(22,23)24/h2,9-14H,1,3-8H2/b10-9+. The molecule has 0 radical (unpaired) electrons. The zero-order valence-corrected chi connectivity index (χ0v) is 14.9. The summed E-state index contributed by atoms with van der Waals surface area (Å²) in [6, 6.07) is 3.52. The van der Waals surface area contributed by atoms with Gasteiger partial charge in [-0.3, -0.25) is 0 Å². The van der Waals surface area contributed by atoms with Crippen LogP contribution in [0.25, 0.3) is 6.08 Å². The van der Waals surface area contributed by atoms with E-state index in [1.165, 1.54) is 6.42 Å². The number of allylic oxidation sites excluding steroid dienone is 2. The zero-order valence-electron chi connectivity index (χ0n) is 13.4. The summed E-state index contributed by atoms with van der Waals surface area (Å²) in [5, 5.41) is 0.540. The summed E-state index contributed by atoms with van der Waals surface area (Å²) in [5.41, 5.74) is 1.25. The Bertz CT molecular complexity index is 574. The van der Waals surface area contributed by atoms with Crippen LogP contribution >= 0.6 is 23.2 Å². The van der Waals surface area contributed by atoms with E-state index >= 15 is 0 Å². The summed E-state index contributed by atoms with van der Waals surface area (Å²) in [4.78, 5) is 0. The molecule has 0 atom stereocenters. The van der Waals surface area contributed by atoms with E-state index in [9.17, 15) is 13.2 Å². The molecule has 0 aliphatic heterocycles. The minimum atomic E-state index is -4.38. The van der Waals surface area contributed by atoms with Crippen LogP contribution in [0.15, 0.2) is 30.9 Å². The minimum absolute atomic E-state index is 0.157. The van der Waals surface area contributed by atoms with Gasteiger partial charge in [-0.15, -0.1) is 6.58 Å². The van der Waals surface area contributed by atoms with Crippen LogP contribution in [0.1, 0.15) is 55.6 Å². The Labute approximate surface area is 151 Å². The number of halogens is 5. The second-order valence-electron chi connectivity index (χ2n) is 6.36. The Morgan fingerprint density at radius 3 is 2.17 bits per heavy atom. The molecule has 1 aliphatic rings. The number of alkyl halides is 3. The van der Waals surface area contributed by atoms with Gasteiger partial charge < -0.3 is 0 Å². The Hall–Kier alpha value is -0.930. The van der Waals surface area contributed by atoms with Gasteiger partial charge in [-0.2, -0.15) is 13.2 Å². The molecule has 24 heavy (non-hydrogen) atoms. The average Bonchev–Trinajstić information content (AvgIpc) is 2.51. The molecule has 0 saturated heterocycles. The maximum atomic E-state index is 12.3. The first-order valence-electron chi connectivity index (χ1n) is 8.16. The highest BCUT2D eigenvalue weighted by Gasteiger charge is 2.24. The monoisotopic (exact) mass is 376 g/mol. The molecular weight excluding hydrogens is 356 g/mol. The summed E-state index contributed by atoms with van der Waals surface area (Å²) in [7, 11) is 0. The van der Waals surface area contributed by atoms with Crippen LogP contribution in [-0.2, 0) is 0 Å². The summed E-state index contributed by atoms with van der Waals surface area (Å²) in [6.45, 7) is 3.76. The second kappa shape index (κ2) is 8.44. The van der Waals surface area contributed by atoms with Crippen molar-refractivity contribution in [1.29, 1.82) is 0 Å². The molecule has 0 nitrogen and oxygen atoms in total. The van der Waals surface area contributed by atoms with Crippen molar-refractivity contribution in [3.8, 4) is 0 Å². The Kier molecular flexibility index (Phi) is 6.82. The van der Waals surface area contributed by atoms with Gasteiger partial charge in [-0.05, 0) is 74.1 Å². The summed E-state index contributed by atoms with van der Waals surface area (Å²) in [5.74, 6) is 1.11. The smallest absolute Gasteiger partial charge is 0.167 e. The van der Waals surface area contributed by atoms with E-state index in [-0.39, 0.29) is 21.7 Å². The molecule has 0 aromatic heterocycles. The second-order valence-corrected chi connectivity index (χ2v) is 7.17. The lowest BCUT2D eigenvalue weighted by Gasteiger charge is -2.29. The highest BCUT2D eigenvalue weighted by Crippen LogP contribution is 2.40. The fourth-order valence-electron chi connectivity index (χ4n) is 3.31. The van der Waals surface area contributed by atoms with Crippen molar-refractivity contribution in [2.75, 3.05) is 0 Å². The van der Waals surface area contributed by atoms with E-state index < -0.39 is 6.18 Å². The van der Waals surface area contributed by atoms with Crippen molar-refractivity contribution < 1.29 is 13.2 Å². The van der Waals surface area contributed by atoms with Crippen LogP contribution in [0.4, 0.5) is 13.2 Å². The fourth-order valence-corrected chi connectivity index (χ4v) is 3.94. The lowest BCUT2D eigenvalue weighted by atomic mass is 9.77. The molecule has 132 valence electrons. The number of rotatable bonds is 5. The molecule has 0 spiro atoms. The molecule has 1 saturated carbocycles. The number of hydrogen-bond donors (Lipinski definition) is 0. The van der Waals surface area contributed by atoms with Gasteiger partial charge in [0, 0.05) is 21.7 Å². The van der Waals surface area contributed by atoms with E-state index in [2.05, 4.69) is 6.58 Å². The molecule has 5 heteroatoms. The summed E-state index contributed by atoms with van der Waals surface area (Å²) in [6.07, 6.45) is 5.33. The van der Waals surface area contributed by atoms with Crippen molar-refractivity contribution in [3.05, 3.63) is 52.0 Å². The molecule has 0 amide bonds. The molecular formula is C19H21Cl2F3. The first-order chi connectivity index (χ1) is 11.3. The maximum Gasteiger partial charge on any atom is 0.409 e. The normalized spacial score (nSPS) is 22.0. The first-order valence-corrected chi connectivity index (χ1v) is 8.91. The van der Waals surface area contributed by atoms with Crippen LogP contribution in [-0.4, -0.2) is 6.18 Å². The molecule has 0 heterocycles. The molecule has 1 aliphatic carbocycles. The Morgan fingerprint density at radius 1 is 1.08 bits per heavy atom. The van der Waals surface area contributed by atoms with Crippen molar-refractivity contribution in [2.24, 2.45) is 5.92 Å². The Morgan fingerprint density at radius 2 is 1.67 bits per heavy atom. The van der Waals surface area contributed by atoms with E-state index in [1.807, 2.05) is 6.08 Å². The number of hydrogen-bond acceptors (Lipinski definition) is 0. The van der Waals surface area contributed by atoms with Crippen molar-refractivity contribution in [3.63, 3.8) is 0 Å². The third-order valence-corrected chi connectivity index (χ3v) is 5.26. The lowest BCUT2D eigenvalue weighted by molar-refractivity contribution is -0.0790. The van der Waals surface area contributed by atoms with Crippen LogP contribution in [0.2, 0.25) is 10.0 Å².